The molecule has 2 rings (SSSR count). The zero-order valence-electron chi connectivity index (χ0n) is 13.6. The van der Waals surface area contributed by atoms with Gasteiger partial charge in [0.1, 0.15) is 5.75 Å². The summed E-state index contributed by atoms with van der Waals surface area (Å²) in [5, 5.41) is 13.3. The first-order valence-corrected chi connectivity index (χ1v) is 7.33. The standard InChI is InChI=1S/C17H19N3O4/c1-19(11-13-4-3-5-16(10-13)24-2)12-17(21)18-14-6-8-15(9-7-14)20(22)23/h3-10H,11-12H2,1-2H3,(H,18,21). The molecule has 0 fully saturated rings. The minimum absolute atomic E-state index is 0.0110. The van der Waals surface area contributed by atoms with Crippen LogP contribution in [0.15, 0.2) is 48.5 Å². The van der Waals surface area contributed by atoms with Crippen LogP contribution in [0.1, 0.15) is 5.56 Å². The quantitative estimate of drug-likeness (QED) is 0.623. The monoisotopic (exact) mass is 329 g/mol. The average Bonchev–Trinajstić information content (AvgIpc) is 2.55. The van der Waals surface area contributed by atoms with E-state index < -0.39 is 4.92 Å². The van der Waals surface area contributed by atoms with Crippen molar-refractivity contribution in [3.8, 4) is 5.75 Å². The van der Waals surface area contributed by atoms with Gasteiger partial charge in [-0.3, -0.25) is 19.8 Å². The lowest BCUT2D eigenvalue weighted by molar-refractivity contribution is -0.384. The first-order valence-electron chi connectivity index (χ1n) is 7.33. The Bertz CT molecular complexity index is 716. The van der Waals surface area contributed by atoms with Gasteiger partial charge in [-0.25, -0.2) is 0 Å². The van der Waals surface area contributed by atoms with Crippen LogP contribution in [0.3, 0.4) is 0 Å². The summed E-state index contributed by atoms with van der Waals surface area (Å²) >= 11 is 0. The van der Waals surface area contributed by atoms with Crippen LogP contribution < -0.4 is 10.1 Å². The molecule has 126 valence electrons. The van der Waals surface area contributed by atoms with E-state index in [0.717, 1.165) is 11.3 Å². The molecule has 7 nitrogen and oxygen atoms in total. The third kappa shape index (κ3) is 5.06. The predicted molar refractivity (Wildman–Crippen MR) is 91.1 cm³/mol. The number of non-ortho nitro benzene ring substituents is 1. The minimum atomic E-state index is -0.479. The van der Waals surface area contributed by atoms with Gasteiger partial charge in [0.05, 0.1) is 18.6 Å². The lowest BCUT2D eigenvalue weighted by Gasteiger charge is -2.16. The number of benzene rings is 2. The summed E-state index contributed by atoms with van der Waals surface area (Å²) in [7, 11) is 3.45. The van der Waals surface area contributed by atoms with E-state index in [9.17, 15) is 14.9 Å². The van der Waals surface area contributed by atoms with Crippen molar-refractivity contribution >= 4 is 17.3 Å². The Hall–Kier alpha value is -2.93. The van der Waals surface area contributed by atoms with E-state index in [-0.39, 0.29) is 18.1 Å². The first-order chi connectivity index (χ1) is 11.5. The smallest absolute Gasteiger partial charge is 0.269 e. The lowest BCUT2D eigenvalue weighted by atomic mass is 10.2. The molecular weight excluding hydrogens is 310 g/mol. The van der Waals surface area contributed by atoms with Crippen molar-refractivity contribution < 1.29 is 14.5 Å². The molecule has 0 radical (unpaired) electrons. The summed E-state index contributed by atoms with van der Waals surface area (Å²) in [5.41, 5.74) is 1.56. The van der Waals surface area contributed by atoms with Crippen molar-refractivity contribution in [3.05, 3.63) is 64.2 Å². The van der Waals surface area contributed by atoms with Crippen molar-refractivity contribution in [1.29, 1.82) is 0 Å². The van der Waals surface area contributed by atoms with E-state index in [0.29, 0.717) is 12.2 Å². The van der Waals surface area contributed by atoms with Gasteiger partial charge in [-0.05, 0) is 36.9 Å². The third-order valence-electron chi connectivity index (χ3n) is 3.36. The van der Waals surface area contributed by atoms with E-state index in [1.165, 1.54) is 24.3 Å². The van der Waals surface area contributed by atoms with Crippen LogP contribution in [0.25, 0.3) is 0 Å². The number of hydrogen-bond acceptors (Lipinski definition) is 5. The van der Waals surface area contributed by atoms with Gasteiger partial charge in [-0.15, -0.1) is 0 Å². The molecule has 7 heteroatoms. The molecule has 0 saturated carbocycles. The maximum Gasteiger partial charge on any atom is 0.269 e. The van der Waals surface area contributed by atoms with E-state index in [1.54, 1.807) is 7.11 Å². The van der Waals surface area contributed by atoms with E-state index in [4.69, 9.17) is 4.74 Å². The van der Waals surface area contributed by atoms with Crippen molar-refractivity contribution in [3.63, 3.8) is 0 Å². The highest BCUT2D eigenvalue weighted by atomic mass is 16.6. The SMILES string of the molecule is COc1cccc(CN(C)CC(=O)Nc2ccc([N+](=O)[O-])cc2)c1. The molecule has 2 aromatic carbocycles. The van der Waals surface area contributed by atoms with Crippen molar-refractivity contribution in [2.45, 2.75) is 6.54 Å². The fraction of sp³-hybridized carbons (Fsp3) is 0.235. The van der Waals surface area contributed by atoms with E-state index in [1.807, 2.05) is 36.2 Å². The second-order valence-electron chi connectivity index (χ2n) is 5.38. The molecule has 0 heterocycles. The Morgan fingerprint density at radius 2 is 1.96 bits per heavy atom. The molecule has 0 unspecified atom stereocenters. The molecule has 1 N–H and O–H groups in total. The highest BCUT2D eigenvalue weighted by Crippen LogP contribution is 2.16. The van der Waals surface area contributed by atoms with Gasteiger partial charge < -0.3 is 10.1 Å². The molecule has 0 spiro atoms. The number of carbonyl (C=O) groups is 1. The molecule has 0 aromatic heterocycles. The minimum Gasteiger partial charge on any atom is -0.497 e. The van der Waals surface area contributed by atoms with Gasteiger partial charge in [0.25, 0.3) is 5.69 Å². The number of nitrogens with one attached hydrogen (secondary N) is 1. The van der Waals surface area contributed by atoms with Crippen molar-refractivity contribution in [1.82, 2.24) is 4.90 Å². The van der Waals surface area contributed by atoms with Gasteiger partial charge in [0.2, 0.25) is 5.91 Å². The fourth-order valence-corrected chi connectivity index (χ4v) is 2.25. The first kappa shape index (κ1) is 17.4. The van der Waals surface area contributed by atoms with Crippen LogP contribution in [0, 0.1) is 10.1 Å². The van der Waals surface area contributed by atoms with Crippen molar-refractivity contribution in [2.24, 2.45) is 0 Å². The van der Waals surface area contributed by atoms with Gasteiger partial charge >= 0.3 is 0 Å². The Morgan fingerprint density at radius 3 is 2.58 bits per heavy atom. The van der Waals surface area contributed by atoms with Crippen LogP contribution in [0.2, 0.25) is 0 Å². The van der Waals surface area contributed by atoms with Crippen LogP contribution in [-0.4, -0.2) is 36.4 Å². The molecule has 24 heavy (non-hydrogen) atoms. The number of amides is 1. The summed E-state index contributed by atoms with van der Waals surface area (Å²) in [6.07, 6.45) is 0. The molecule has 0 bridgehead atoms. The van der Waals surface area contributed by atoms with Gasteiger partial charge in [0, 0.05) is 24.4 Å². The lowest BCUT2D eigenvalue weighted by Crippen LogP contribution is -2.29. The van der Waals surface area contributed by atoms with Gasteiger partial charge in [-0.2, -0.15) is 0 Å². The second kappa shape index (κ2) is 8.07. The molecule has 0 aliphatic heterocycles. The maximum atomic E-state index is 12.0. The number of hydrogen-bond donors (Lipinski definition) is 1. The predicted octanol–water partition coefficient (Wildman–Crippen LogP) is 2.67. The molecule has 0 aliphatic rings. The number of nitro groups is 1. The number of carbonyl (C=O) groups excluding carboxylic acids is 1. The maximum absolute atomic E-state index is 12.0. The number of methoxy groups -OCH3 is 1. The van der Waals surface area contributed by atoms with Crippen LogP contribution >= 0.6 is 0 Å². The zero-order valence-corrected chi connectivity index (χ0v) is 13.6. The topological polar surface area (TPSA) is 84.7 Å². The molecule has 0 saturated heterocycles. The Balaban J connectivity index is 1.87. The Morgan fingerprint density at radius 1 is 1.25 bits per heavy atom. The largest absolute Gasteiger partial charge is 0.497 e. The van der Waals surface area contributed by atoms with Crippen LogP contribution in [0.5, 0.6) is 5.75 Å². The summed E-state index contributed by atoms with van der Waals surface area (Å²) in [6, 6.07) is 13.4. The Kier molecular flexibility index (Phi) is 5.86. The van der Waals surface area contributed by atoms with Crippen molar-refractivity contribution in [2.75, 3.05) is 26.0 Å². The highest BCUT2D eigenvalue weighted by Gasteiger charge is 2.09. The Labute approximate surface area is 140 Å². The summed E-state index contributed by atoms with van der Waals surface area (Å²) in [6.45, 7) is 0.805. The van der Waals surface area contributed by atoms with E-state index >= 15 is 0 Å². The van der Waals surface area contributed by atoms with E-state index in [2.05, 4.69) is 5.32 Å². The number of ether oxygens (including phenoxy) is 1. The van der Waals surface area contributed by atoms with Crippen LogP contribution in [0.4, 0.5) is 11.4 Å². The number of likely N-dealkylation sites (N-methyl/N-ethyl adjacent to an activating group) is 1. The third-order valence-corrected chi connectivity index (χ3v) is 3.36. The number of rotatable bonds is 7. The summed E-state index contributed by atoms with van der Waals surface area (Å²) < 4.78 is 5.18. The molecule has 0 atom stereocenters. The molecule has 1 amide bonds. The van der Waals surface area contributed by atoms with Crippen LogP contribution in [-0.2, 0) is 11.3 Å². The highest BCUT2D eigenvalue weighted by molar-refractivity contribution is 5.92. The molecule has 2 aromatic rings. The second-order valence-corrected chi connectivity index (χ2v) is 5.38. The normalized spacial score (nSPS) is 10.5. The zero-order chi connectivity index (χ0) is 17.5. The summed E-state index contributed by atoms with van der Waals surface area (Å²) in [4.78, 5) is 24.0. The number of nitrogens with zero attached hydrogens (tertiary/aromatic N) is 2. The molecule has 0 aliphatic carbocycles. The number of anilines is 1. The molecular formula is C17H19N3O4. The average molecular weight is 329 g/mol. The fourth-order valence-electron chi connectivity index (χ4n) is 2.25. The van der Waals surface area contributed by atoms with Gasteiger partial charge in [0.15, 0.2) is 0 Å². The number of nitro benzene ring substituents is 1. The van der Waals surface area contributed by atoms with Gasteiger partial charge in [-0.1, -0.05) is 12.1 Å². The summed E-state index contributed by atoms with van der Waals surface area (Å²) in [5.74, 6) is 0.588.